The van der Waals surface area contributed by atoms with E-state index in [1.807, 2.05) is 4.81 Å². The van der Waals surface area contributed by atoms with Gasteiger partial charge in [-0.25, -0.2) is 0 Å². The highest BCUT2D eigenvalue weighted by atomic mass is 16.6. The lowest BCUT2D eigenvalue weighted by Gasteiger charge is -2.17. The average Bonchev–Trinajstić information content (AvgIpc) is 2.87. The van der Waals surface area contributed by atoms with Crippen molar-refractivity contribution in [2.75, 3.05) is 20.2 Å². The summed E-state index contributed by atoms with van der Waals surface area (Å²) < 4.78 is 10.8. The predicted molar refractivity (Wildman–Crippen MR) is 74.1 cm³/mol. The van der Waals surface area contributed by atoms with E-state index in [4.69, 9.17) is 9.47 Å². The van der Waals surface area contributed by atoms with E-state index in [1.165, 1.54) is 19.2 Å². The van der Waals surface area contributed by atoms with Gasteiger partial charge in [0.05, 0.1) is 12.0 Å². The van der Waals surface area contributed by atoms with Crippen LogP contribution in [0.3, 0.4) is 0 Å². The number of rotatable bonds is 5. The molecule has 2 rings (SSSR count). The lowest BCUT2D eigenvalue weighted by molar-refractivity contribution is -0.385. The van der Waals surface area contributed by atoms with Crippen LogP contribution in [-0.2, 0) is 0 Å². The Labute approximate surface area is 117 Å². The lowest BCUT2D eigenvalue weighted by Crippen LogP contribution is -2.36. The smallest absolute Gasteiger partial charge is 0.376 e. The first-order chi connectivity index (χ1) is 9.51. The van der Waals surface area contributed by atoms with Crippen LogP contribution >= 0.6 is 0 Å². The van der Waals surface area contributed by atoms with Crippen LogP contribution in [0.5, 0.6) is 11.5 Å². The largest absolute Gasteiger partial charge is 0.490 e. The molecule has 1 saturated heterocycles. The summed E-state index contributed by atoms with van der Waals surface area (Å²) in [5.41, 5.74) is -0.0862. The second-order valence-corrected chi connectivity index (χ2v) is 4.75. The van der Waals surface area contributed by atoms with Crippen molar-refractivity contribution >= 4 is 12.7 Å². The molecule has 0 radical (unpaired) electrons. The summed E-state index contributed by atoms with van der Waals surface area (Å²) in [5.74, 6) is 0.711. The molecule has 1 aromatic carbocycles. The second kappa shape index (κ2) is 6.10. The minimum Gasteiger partial charge on any atom is -0.490 e. The van der Waals surface area contributed by atoms with Crippen LogP contribution in [0.1, 0.15) is 6.42 Å². The van der Waals surface area contributed by atoms with Gasteiger partial charge >= 0.3 is 12.7 Å². The maximum atomic E-state index is 10.8. The standard InChI is InChI=1S/C12H17BN2O5/c1-13(16)14-6-5-10(8-14)20-9-3-4-11(15(17)18)12(7-9)19-2/h3-4,7,10,16H,5-6,8H2,1-2H3. The maximum absolute atomic E-state index is 10.8. The van der Waals surface area contributed by atoms with E-state index in [9.17, 15) is 15.1 Å². The molecule has 1 N–H and O–H groups in total. The van der Waals surface area contributed by atoms with Crippen LogP contribution in [0.2, 0.25) is 6.82 Å². The fourth-order valence-corrected chi connectivity index (χ4v) is 2.26. The normalized spacial score (nSPS) is 18.9. The first-order valence-electron chi connectivity index (χ1n) is 6.42. The van der Waals surface area contributed by atoms with Crippen LogP contribution < -0.4 is 9.47 Å². The highest BCUT2D eigenvalue weighted by molar-refractivity contribution is 6.45. The molecule has 1 heterocycles. The number of hydrogen-bond acceptors (Lipinski definition) is 6. The van der Waals surface area contributed by atoms with Gasteiger partial charge in [0.25, 0.3) is 0 Å². The van der Waals surface area contributed by atoms with Gasteiger partial charge < -0.3 is 19.3 Å². The zero-order chi connectivity index (χ0) is 14.7. The summed E-state index contributed by atoms with van der Waals surface area (Å²) in [4.78, 5) is 12.2. The van der Waals surface area contributed by atoms with Crippen molar-refractivity contribution in [3.05, 3.63) is 28.3 Å². The molecule has 0 aliphatic carbocycles. The molecule has 0 saturated carbocycles. The number of nitrogens with zero attached hydrogens (tertiary/aromatic N) is 2. The third-order valence-corrected chi connectivity index (χ3v) is 3.36. The van der Waals surface area contributed by atoms with Crippen molar-refractivity contribution in [3.8, 4) is 11.5 Å². The first kappa shape index (κ1) is 14.6. The zero-order valence-electron chi connectivity index (χ0n) is 11.5. The fourth-order valence-electron chi connectivity index (χ4n) is 2.26. The summed E-state index contributed by atoms with van der Waals surface area (Å²) in [5, 5.41) is 20.3. The van der Waals surface area contributed by atoms with E-state index in [0.29, 0.717) is 12.3 Å². The number of benzene rings is 1. The Morgan fingerprint density at radius 2 is 2.30 bits per heavy atom. The van der Waals surface area contributed by atoms with Crippen molar-refractivity contribution in [1.29, 1.82) is 0 Å². The third kappa shape index (κ3) is 3.20. The van der Waals surface area contributed by atoms with Crippen LogP contribution in [0.25, 0.3) is 0 Å². The Kier molecular flexibility index (Phi) is 4.46. The minimum atomic E-state index is -0.493. The minimum absolute atomic E-state index is 0.0317. The number of hydrogen-bond donors (Lipinski definition) is 1. The Hall–Kier alpha value is -1.80. The average molecular weight is 280 g/mol. The van der Waals surface area contributed by atoms with E-state index in [1.54, 1.807) is 12.9 Å². The third-order valence-electron chi connectivity index (χ3n) is 3.36. The van der Waals surface area contributed by atoms with E-state index in [-0.39, 0.29) is 17.5 Å². The number of nitro groups is 1. The van der Waals surface area contributed by atoms with Crippen molar-refractivity contribution in [2.45, 2.75) is 19.3 Å². The molecule has 0 spiro atoms. The molecule has 0 bridgehead atoms. The van der Waals surface area contributed by atoms with Crippen molar-refractivity contribution in [1.82, 2.24) is 4.81 Å². The van der Waals surface area contributed by atoms with Crippen LogP contribution in [0.15, 0.2) is 18.2 Å². The molecular weight excluding hydrogens is 263 g/mol. The Bertz CT molecular complexity index is 497. The van der Waals surface area contributed by atoms with Gasteiger partial charge in [-0.1, -0.05) is 0 Å². The van der Waals surface area contributed by atoms with Crippen molar-refractivity contribution in [3.63, 3.8) is 0 Å². The van der Waals surface area contributed by atoms with E-state index < -0.39 is 12.0 Å². The maximum Gasteiger partial charge on any atom is 0.376 e. The fraction of sp³-hybridized carbons (Fsp3) is 0.500. The molecule has 7 nitrogen and oxygen atoms in total. The quantitative estimate of drug-likeness (QED) is 0.495. The van der Waals surface area contributed by atoms with E-state index >= 15 is 0 Å². The van der Waals surface area contributed by atoms with Gasteiger partial charge in [0.15, 0.2) is 0 Å². The number of nitro benzene ring substituents is 1. The number of ether oxygens (including phenoxy) is 2. The molecule has 108 valence electrons. The van der Waals surface area contributed by atoms with Crippen molar-refractivity contribution in [2.24, 2.45) is 0 Å². The van der Waals surface area contributed by atoms with Crippen LogP contribution in [-0.4, -0.2) is 48.1 Å². The summed E-state index contributed by atoms with van der Waals surface area (Å²) >= 11 is 0. The molecule has 8 heteroatoms. The van der Waals surface area contributed by atoms with Gasteiger partial charge in [-0.2, -0.15) is 0 Å². The molecule has 1 fully saturated rings. The molecule has 1 aliphatic rings. The van der Waals surface area contributed by atoms with Gasteiger partial charge in [-0.05, 0) is 25.9 Å². The highest BCUT2D eigenvalue weighted by Crippen LogP contribution is 2.31. The monoisotopic (exact) mass is 280 g/mol. The molecule has 1 atom stereocenters. The topological polar surface area (TPSA) is 85.1 Å². The SMILES string of the molecule is COc1cc(OC2CCN(B(C)O)C2)ccc1[N+](=O)[O-]. The van der Waals surface area contributed by atoms with E-state index in [0.717, 1.165) is 13.0 Å². The van der Waals surface area contributed by atoms with Gasteiger partial charge in [-0.15, -0.1) is 0 Å². The molecule has 0 aromatic heterocycles. The summed E-state index contributed by atoms with van der Waals surface area (Å²) in [6.07, 6.45) is 0.778. The van der Waals surface area contributed by atoms with Crippen LogP contribution in [0, 0.1) is 10.1 Å². The van der Waals surface area contributed by atoms with Crippen LogP contribution in [0.4, 0.5) is 5.69 Å². The molecule has 1 unspecified atom stereocenters. The molecule has 0 amide bonds. The Morgan fingerprint density at radius 1 is 1.55 bits per heavy atom. The molecule has 20 heavy (non-hydrogen) atoms. The Balaban J connectivity index is 2.05. The summed E-state index contributed by atoms with van der Waals surface area (Å²) in [7, 11) is 0.895. The van der Waals surface area contributed by atoms with Gasteiger partial charge in [0.2, 0.25) is 5.75 Å². The number of methoxy groups -OCH3 is 1. The zero-order valence-corrected chi connectivity index (χ0v) is 11.5. The Morgan fingerprint density at radius 3 is 2.85 bits per heavy atom. The summed E-state index contributed by atoms with van der Waals surface area (Å²) in [6, 6.07) is 4.45. The second-order valence-electron chi connectivity index (χ2n) is 4.75. The molecule has 1 aliphatic heterocycles. The lowest BCUT2D eigenvalue weighted by atomic mass is 9.86. The summed E-state index contributed by atoms with van der Waals surface area (Å²) in [6.45, 7) is 3.13. The van der Waals surface area contributed by atoms with Gasteiger partial charge in [0.1, 0.15) is 11.9 Å². The molecular formula is C12H17BN2O5. The van der Waals surface area contributed by atoms with Gasteiger partial charge in [0, 0.05) is 18.7 Å². The highest BCUT2D eigenvalue weighted by Gasteiger charge is 2.29. The predicted octanol–water partition coefficient (Wildman–Crippen LogP) is 1.17. The van der Waals surface area contributed by atoms with Gasteiger partial charge in [-0.3, -0.25) is 10.1 Å². The first-order valence-corrected chi connectivity index (χ1v) is 6.42. The van der Waals surface area contributed by atoms with E-state index in [2.05, 4.69) is 0 Å². The van der Waals surface area contributed by atoms with Crippen molar-refractivity contribution < 1.29 is 19.4 Å². The molecule has 1 aromatic rings.